The third kappa shape index (κ3) is 7.00. The van der Waals surface area contributed by atoms with E-state index in [1.165, 1.54) is 6.92 Å². The Morgan fingerprint density at radius 1 is 1.45 bits per heavy atom. The molecule has 0 radical (unpaired) electrons. The monoisotopic (exact) mass is 153 g/mol. The van der Waals surface area contributed by atoms with Crippen LogP contribution in [-0.4, -0.2) is 18.9 Å². The molecule has 0 aromatic heterocycles. The van der Waals surface area contributed by atoms with Crippen LogP contribution in [0, 0.1) is 0 Å². The van der Waals surface area contributed by atoms with E-state index in [-0.39, 0.29) is 5.78 Å². The van der Waals surface area contributed by atoms with Crippen LogP contribution in [0.5, 0.6) is 0 Å². The number of allylic oxidation sites excluding steroid dienone is 3. The Bertz CT molecular complexity index is 170. The molecule has 0 saturated carbocycles. The molecule has 0 heterocycles. The van der Waals surface area contributed by atoms with E-state index >= 15 is 0 Å². The molecule has 0 bridgehead atoms. The molecule has 0 amide bonds. The van der Waals surface area contributed by atoms with Crippen LogP contribution in [-0.2, 0) is 4.79 Å². The SMILES string of the molecule is CN[C@H](C)/C=C/C=C/C(C)=O. The molecule has 0 spiro atoms. The highest BCUT2D eigenvalue weighted by atomic mass is 16.1. The highest BCUT2D eigenvalue weighted by Gasteiger charge is 1.85. The first-order valence-corrected chi connectivity index (χ1v) is 3.69. The summed E-state index contributed by atoms with van der Waals surface area (Å²) in [4.78, 5) is 10.4. The van der Waals surface area contributed by atoms with E-state index in [4.69, 9.17) is 0 Å². The molecule has 0 aliphatic heterocycles. The summed E-state index contributed by atoms with van der Waals surface area (Å²) in [6.45, 7) is 3.57. The average molecular weight is 153 g/mol. The van der Waals surface area contributed by atoms with Crippen molar-refractivity contribution < 1.29 is 4.79 Å². The van der Waals surface area contributed by atoms with Gasteiger partial charge in [-0.3, -0.25) is 4.79 Å². The topological polar surface area (TPSA) is 29.1 Å². The zero-order valence-corrected chi connectivity index (χ0v) is 7.29. The van der Waals surface area contributed by atoms with Crippen LogP contribution >= 0.6 is 0 Å². The molecule has 0 aliphatic carbocycles. The first kappa shape index (κ1) is 10.1. The normalized spacial score (nSPS) is 14.5. The molecule has 0 saturated heterocycles. The van der Waals surface area contributed by atoms with Gasteiger partial charge in [0.1, 0.15) is 0 Å². The molecule has 0 unspecified atom stereocenters. The summed E-state index contributed by atoms with van der Waals surface area (Å²) in [5.41, 5.74) is 0. The predicted molar refractivity (Wildman–Crippen MR) is 47.5 cm³/mol. The average Bonchev–Trinajstić information content (AvgIpc) is 1.97. The minimum Gasteiger partial charge on any atom is -0.314 e. The molecule has 0 aromatic rings. The van der Waals surface area contributed by atoms with E-state index in [9.17, 15) is 4.79 Å². The predicted octanol–water partition coefficient (Wildman–Crippen LogP) is 1.30. The second-order valence-corrected chi connectivity index (χ2v) is 2.43. The van der Waals surface area contributed by atoms with Crippen molar-refractivity contribution in [2.45, 2.75) is 19.9 Å². The summed E-state index contributed by atoms with van der Waals surface area (Å²) >= 11 is 0. The summed E-state index contributed by atoms with van der Waals surface area (Å²) in [5, 5.41) is 3.05. The van der Waals surface area contributed by atoms with Crippen LogP contribution in [0.25, 0.3) is 0 Å². The van der Waals surface area contributed by atoms with Crippen LogP contribution < -0.4 is 5.32 Å². The lowest BCUT2D eigenvalue weighted by Crippen LogP contribution is -2.17. The van der Waals surface area contributed by atoms with E-state index in [0.29, 0.717) is 6.04 Å². The Morgan fingerprint density at radius 3 is 2.55 bits per heavy atom. The maximum Gasteiger partial charge on any atom is 0.152 e. The largest absolute Gasteiger partial charge is 0.314 e. The smallest absolute Gasteiger partial charge is 0.152 e. The van der Waals surface area contributed by atoms with Crippen molar-refractivity contribution in [1.82, 2.24) is 5.32 Å². The third-order valence-electron chi connectivity index (χ3n) is 1.30. The van der Waals surface area contributed by atoms with Crippen LogP contribution in [0.15, 0.2) is 24.3 Å². The van der Waals surface area contributed by atoms with Gasteiger partial charge in [-0.2, -0.15) is 0 Å². The lowest BCUT2D eigenvalue weighted by Gasteiger charge is -1.99. The maximum atomic E-state index is 10.4. The minimum atomic E-state index is 0.0757. The van der Waals surface area contributed by atoms with Crippen molar-refractivity contribution in [3.63, 3.8) is 0 Å². The maximum absolute atomic E-state index is 10.4. The van der Waals surface area contributed by atoms with Crippen molar-refractivity contribution in [2.75, 3.05) is 7.05 Å². The van der Waals surface area contributed by atoms with Gasteiger partial charge in [0.05, 0.1) is 0 Å². The number of ketones is 1. The number of carbonyl (C=O) groups is 1. The fourth-order valence-electron chi connectivity index (χ4n) is 0.518. The molecule has 1 N–H and O–H groups in total. The Hall–Kier alpha value is -0.890. The summed E-state index contributed by atoms with van der Waals surface area (Å²) < 4.78 is 0. The molecular weight excluding hydrogens is 138 g/mol. The first-order valence-electron chi connectivity index (χ1n) is 3.69. The summed E-state index contributed by atoms with van der Waals surface area (Å²) in [6, 6.07) is 0.353. The number of rotatable bonds is 4. The Kier molecular flexibility index (Phi) is 5.39. The van der Waals surface area contributed by atoms with Crippen LogP contribution in [0.2, 0.25) is 0 Å². The van der Waals surface area contributed by atoms with Crippen molar-refractivity contribution in [3.8, 4) is 0 Å². The number of hydrogen-bond donors (Lipinski definition) is 1. The third-order valence-corrected chi connectivity index (χ3v) is 1.30. The molecule has 11 heavy (non-hydrogen) atoms. The van der Waals surface area contributed by atoms with E-state index in [2.05, 4.69) is 5.32 Å². The summed E-state index contributed by atoms with van der Waals surface area (Å²) in [7, 11) is 1.89. The van der Waals surface area contributed by atoms with Crippen molar-refractivity contribution in [2.24, 2.45) is 0 Å². The molecule has 0 fully saturated rings. The van der Waals surface area contributed by atoms with Crippen molar-refractivity contribution >= 4 is 5.78 Å². The van der Waals surface area contributed by atoms with Gasteiger partial charge in [-0.1, -0.05) is 18.2 Å². The second kappa shape index (κ2) is 5.86. The van der Waals surface area contributed by atoms with Gasteiger partial charge >= 0.3 is 0 Å². The van der Waals surface area contributed by atoms with Crippen LogP contribution in [0.3, 0.4) is 0 Å². The van der Waals surface area contributed by atoms with Crippen molar-refractivity contribution in [3.05, 3.63) is 24.3 Å². The van der Waals surface area contributed by atoms with Gasteiger partial charge in [0, 0.05) is 6.04 Å². The van der Waals surface area contributed by atoms with Crippen LogP contribution in [0.4, 0.5) is 0 Å². The quantitative estimate of drug-likeness (QED) is 0.487. The van der Waals surface area contributed by atoms with Gasteiger partial charge in [0.2, 0.25) is 0 Å². The van der Waals surface area contributed by atoms with E-state index in [1.807, 2.05) is 26.1 Å². The molecule has 0 aromatic carbocycles. The Labute approximate surface area is 68.0 Å². The van der Waals surface area contributed by atoms with Gasteiger partial charge in [0.25, 0.3) is 0 Å². The van der Waals surface area contributed by atoms with Gasteiger partial charge in [-0.15, -0.1) is 0 Å². The molecule has 0 rings (SSSR count). The van der Waals surface area contributed by atoms with E-state index < -0.39 is 0 Å². The zero-order valence-electron chi connectivity index (χ0n) is 7.29. The highest BCUT2D eigenvalue weighted by molar-refractivity contribution is 5.87. The van der Waals surface area contributed by atoms with Crippen molar-refractivity contribution in [1.29, 1.82) is 0 Å². The first-order chi connectivity index (χ1) is 5.16. The Morgan fingerprint density at radius 2 is 2.09 bits per heavy atom. The van der Waals surface area contributed by atoms with Gasteiger partial charge < -0.3 is 5.32 Å². The number of nitrogens with one attached hydrogen (secondary N) is 1. The van der Waals surface area contributed by atoms with Gasteiger partial charge in [-0.05, 0) is 27.0 Å². The van der Waals surface area contributed by atoms with E-state index in [0.717, 1.165) is 0 Å². The molecule has 2 heteroatoms. The Balaban J connectivity index is 3.67. The standard InChI is InChI=1S/C9H15NO/c1-8(10-3)6-4-5-7-9(2)11/h4-8,10H,1-3H3/b6-4+,7-5+/t8-/m1/s1. The second-order valence-electron chi connectivity index (χ2n) is 2.43. The fourth-order valence-corrected chi connectivity index (χ4v) is 0.518. The van der Waals surface area contributed by atoms with Crippen LogP contribution in [0.1, 0.15) is 13.8 Å². The summed E-state index contributed by atoms with van der Waals surface area (Å²) in [5.74, 6) is 0.0757. The molecular formula is C9H15NO. The lowest BCUT2D eigenvalue weighted by molar-refractivity contribution is -0.112. The molecule has 2 nitrogen and oxygen atoms in total. The number of hydrogen-bond acceptors (Lipinski definition) is 2. The number of carbonyl (C=O) groups excluding carboxylic acids is 1. The lowest BCUT2D eigenvalue weighted by atomic mass is 10.3. The summed E-state index contributed by atoms with van der Waals surface area (Å²) in [6.07, 6.45) is 7.14. The highest BCUT2D eigenvalue weighted by Crippen LogP contribution is 1.84. The molecule has 0 aliphatic rings. The number of likely N-dealkylation sites (N-methyl/N-ethyl adjacent to an activating group) is 1. The van der Waals surface area contributed by atoms with Gasteiger partial charge in [-0.25, -0.2) is 0 Å². The minimum absolute atomic E-state index is 0.0757. The van der Waals surface area contributed by atoms with Gasteiger partial charge in [0.15, 0.2) is 5.78 Å². The molecule has 62 valence electrons. The zero-order chi connectivity index (χ0) is 8.69. The fraction of sp³-hybridized carbons (Fsp3) is 0.444. The van der Waals surface area contributed by atoms with E-state index in [1.54, 1.807) is 12.2 Å². The molecule has 1 atom stereocenters.